The Balaban J connectivity index is 2.30. The first-order valence-corrected chi connectivity index (χ1v) is 3.62. The molecule has 0 radical (unpaired) electrons. The molecule has 2 N–H and O–H groups in total. The molecule has 1 aliphatic heterocycles. The first-order valence-electron chi connectivity index (χ1n) is 3.62. The Morgan fingerprint density at radius 2 is 2.60 bits per heavy atom. The van der Waals surface area contributed by atoms with E-state index in [4.69, 9.17) is 5.73 Å². The molecule has 0 aromatic carbocycles. The second-order valence-electron chi connectivity index (χ2n) is 2.79. The van der Waals surface area contributed by atoms with E-state index in [9.17, 15) is 0 Å². The topological polar surface area (TPSA) is 43.8 Å². The van der Waals surface area contributed by atoms with Gasteiger partial charge in [-0.25, -0.2) is 4.98 Å². The van der Waals surface area contributed by atoms with Gasteiger partial charge in [0.2, 0.25) is 0 Å². The Bertz CT molecular complexity index is 229. The van der Waals surface area contributed by atoms with Gasteiger partial charge in [0, 0.05) is 31.4 Å². The van der Waals surface area contributed by atoms with Crippen LogP contribution < -0.4 is 5.73 Å². The lowest BCUT2D eigenvalue weighted by atomic mass is 10.1. The molecule has 0 saturated carbocycles. The molecule has 2 heterocycles. The summed E-state index contributed by atoms with van der Waals surface area (Å²) in [4.78, 5) is 4.20. The van der Waals surface area contributed by atoms with Crippen molar-refractivity contribution in [3.8, 4) is 0 Å². The van der Waals surface area contributed by atoms with Crippen molar-refractivity contribution in [2.24, 2.45) is 5.73 Å². The van der Waals surface area contributed by atoms with E-state index < -0.39 is 0 Å². The van der Waals surface area contributed by atoms with E-state index >= 15 is 0 Å². The van der Waals surface area contributed by atoms with Gasteiger partial charge in [0.1, 0.15) is 5.82 Å². The number of hydrogen-bond acceptors (Lipinski definition) is 2. The quantitative estimate of drug-likeness (QED) is 0.553. The average molecular weight is 137 g/mol. The molecular weight excluding hydrogens is 126 g/mol. The van der Waals surface area contributed by atoms with Crippen LogP contribution in [0.2, 0.25) is 0 Å². The van der Waals surface area contributed by atoms with Crippen LogP contribution in [-0.4, -0.2) is 15.6 Å². The molecule has 54 valence electrons. The molecular formula is C7H11N3. The van der Waals surface area contributed by atoms with E-state index in [0.29, 0.717) is 6.04 Å². The normalized spacial score (nSPS) is 24.3. The monoisotopic (exact) mass is 137 g/mol. The van der Waals surface area contributed by atoms with Crippen molar-refractivity contribution in [2.75, 3.05) is 0 Å². The number of aryl methyl sites for hydroxylation is 1. The zero-order valence-electron chi connectivity index (χ0n) is 5.83. The molecule has 0 saturated heterocycles. The van der Waals surface area contributed by atoms with Gasteiger partial charge in [0.25, 0.3) is 0 Å². The third kappa shape index (κ3) is 0.827. The van der Waals surface area contributed by atoms with Crippen molar-refractivity contribution in [1.29, 1.82) is 0 Å². The molecule has 0 amide bonds. The fourth-order valence-corrected chi connectivity index (χ4v) is 1.39. The Kier molecular flexibility index (Phi) is 1.24. The summed E-state index contributed by atoms with van der Waals surface area (Å²) in [6.07, 6.45) is 5.95. The zero-order chi connectivity index (χ0) is 6.97. The Hall–Kier alpha value is -0.830. The van der Waals surface area contributed by atoms with Crippen molar-refractivity contribution >= 4 is 0 Å². The van der Waals surface area contributed by atoms with Gasteiger partial charge in [-0.1, -0.05) is 0 Å². The van der Waals surface area contributed by atoms with Crippen molar-refractivity contribution in [3.63, 3.8) is 0 Å². The summed E-state index contributed by atoms with van der Waals surface area (Å²) >= 11 is 0. The Morgan fingerprint density at radius 3 is 3.50 bits per heavy atom. The number of nitrogens with two attached hydrogens (primary N) is 1. The summed E-state index contributed by atoms with van der Waals surface area (Å²) in [5.74, 6) is 1.18. The fourth-order valence-electron chi connectivity index (χ4n) is 1.39. The summed E-state index contributed by atoms with van der Waals surface area (Å²) in [6.45, 7) is 0.940. The molecule has 3 nitrogen and oxygen atoms in total. The Labute approximate surface area is 59.9 Å². The van der Waals surface area contributed by atoms with Crippen molar-refractivity contribution in [2.45, 2.75) is 25.4 Å². The largest absolute Gasteiger partial charge is 0.333 e. The molecule has 0 aliphatic carbocycles. The fraction of sp³-hybridized carbons (Fsp3) is 0.571. The second kappa shape index (κ2) is 2.09. The molecule has 10 heavy (non-hydrogen) atoms. The van der Waals surface area contributed by atoms with E-state index in [1.807, 2.05) is 12.4 Å². The average Bonchev–Trinajstić information content (AvgIpc) is 2.33. The smallest absolute Gasteiger partial charge is 0.108 e. The standard InChI is InChI=1S/C7H11N3/c8-6-1-2-7-9-3-4-10(7)5-6/h3-4,6H,1-2,5,8H2/t6-/m1/s1. The summed E-state index contributed by atoms with van der Waals surface area (Å²) < 4.78 is 2.13. The summed E-state index contributed by atoms with van der Waals surface area (Å²) in [5.41, 5.74) is 5.76. The van der Waals surface area contributed by atoms with E-state index in [-0.39, 0.29) is 0 Å². The number of imidazole rings is 1. The zero-order valence-corrected chi connectivity index (χ0v) is 5.83. The van der Waals surface area contributed by atoms with Gasteiger partial charge in [-0.15, -0.1) is 0 Å². The van der Waals surface area contributed by atoms with Crippen LogP contribution >= 0.6 is 0 Å². The highest BCUT2D eigenvalue weighted by Gasteiger charge is 2.13. The Morgan fingerprint density at radius 1 is 1.70 bits per heavy atom. The van der Waals surface area contributed by atoms with Crippen LogP contribution in [0.5, 0.6) is 0 Å². The summed E-state index contributed by atoms with van der Waals surface area (Å²) in [6, 6.07) is 0.335. The molecule has 2 rings (SSSR count). The first-order chi connectivity index (χ1) is 4.86. The minimum absolute atomic E-state index is 0.335. The van der Waals surface area contributed by atoms with Crippen LogP contribution in [0.25, 0.3) is 0 Å². The van der Waals surface area contributed by atoms with Gasteiger partial charge < -0.3 is 10.3 Å². The molecule has 3 heteroatoms. The highest BCUT2D eigenvalue weighted by Crippen LogP contribution is 2.10. The molecule has 0 bridgehead atoms. The van der Waals surface area contributed by atoms with E-state index in [1.165, 1.54) is 5.82 Å². The number of aromatic nitrogens is 2. The molecule has 1 atom stereocenters. The lowest BCUT2D eigenvalue weighted by Crippen LogP contribution is -2.31. The minimum Gasteiger partial charge on any atom is -0.333 e. The van der Waals surface area contributed by atoms with Crippen LogP contribution in [0.3, 0.4) is 0 Å². The maximum atomic E-state index is 5.76. The third-order valence-electron chi connectivity index (χ3n) is 1.97. The van der Waals surface area contributed by atoms with E-state index in [2.05, 4.69) is 9.55 Å². The van der Waals surface area contributed by atoms with Gasteiger partial charge in [0.15, 0.2) is 0 Å². The molecule has 1 aliphatic rings. The highest BCUT2D eigenvalue weighted by atomic mass is 15.1. The van der Waals surface area contributed by atoms with Crippen molar-refractivity contribution < 1.29 is 0 Å². The highest BCUT2D eigenvalue weighted by molar-refractivity contribution is 4.97. The van der Waals surface area contributed by atoms with Crippen LogP contribution in [-0.2, 0) is 13.0 Å². The van der Waals surface area contributed by atoms with Crippen LogP contribution in [0, 0.1) is 0 Å². The maximum absolute atomic E-state index is 5.76. The molecule has 0 fully saturated rings. The van der Waals surface area contributed by atoms with E-state index in [0.717, 1.165) is 19.4 Å². The molecule has 1 aromatic rings. The summed E-state index contributed by atoms with van der Waals surface area (Å²) in [7, 11) is 0. The summed E-state index contributed by atoms with van der Waals surface area (Å²) in [5, 5.41) is 0. The van der Waals surface area contributed by atoms with Crippen LogP contribution in [0.1, 0.15) is 12.2 Å². The third-order valence-corrected chi connectivity index (χ3v) is 1.97. The number of rotatable bonds is 0. The minimum atomic E-state index is 0.335. The van der Waals surface area contributed by atoms with Gasteiger partial charge in [0.05, 0.1) is 0 Å². The maximum Gasteiger partial charge on any atom is 0.108 e. The van der Waals surface area contributed by atoms with Crippen molar-refractivity contribution in [3.05, 3.63) is 18.2 Å². The van der Waals surface area contributed by atoms with Gasteiger partial charge in [-0.2, -0.15) is 0 Å². The number of nitrogens with zero attached hydrogens (tertiary/aromatic N) is 2. The van der Waals surface area contributed by atoms with Crippen LogP contribution in [0.4, 0.5) is 0 Å². The van der Waals surface area contributed by atoms with Crippen LogP contribution in [0.15, 0.2) is 12.4 Å². The van der Waals surface area contributed by atoms with Crippen molar-refractivity contribution in [1.82, 2.24) is 9.55 Å². The number of fused-ring (bicyclic) bond motifs is 1. The molecule has 0 unspecified atom stereocenters. The predicted octanol–water partition coefficient (Wildman–Crippen LogP) is 0.157. The number of hydrogen-bond donors (Lipinski definition) is 1. The lowest BCUT2D eigenvalue weighted by molar-refractivity contribution is 0.453. The predicted molar refractivity (Wildman–Crippen MR) is 38.5 cm³/mol. The lowest BCUT2D eigenvalue weighted by Gasteiger charge is -2.19. The molecule has 0 spiro atoms. The first kappa shape index (κ1) is 5.92. The van der Waals surface area contributed by atoms with Gasteiger partial charge >= 0.3 is 0 Å². The second-order valence-corrected chi connectivity index (χ2v) is 2.79. The molecule has 1 aromatic heterocycles. The van der Waals surface area contributed by atoms with E-state index in [1.54, 1.807) is 0 Å². The van der Waals surface area contributed by atoms with Gasteiger partial charge in [-0.3, -0.25) is 0 Å². The van der Waals surface area contributed by atoms with Gasteiger partial charge in [-0.05, 0) is 6.42 Å². The SMILES string of the molecule is N[C@@H]1CCc2nccn2C1.